The number of thioether (sulfide) groups is 1. The van der Waals surface area contributed by atoms with Crippen molar-refractivity contribution in [3.8, 4) is 11.8 Å². The van der Waals surface area contributed by atoms with Gasteiger partial charge in [-0.2, -0.15) is 5.26 Å². The minimum Gasteiger partial charge on any atom is -0.489 e. The van der Waals surface area contributed by atoms with Crippen LogP contribution in [0, 0.1) is 11.3 Å². The Balaban J connectivity index is 1.32. The van der Waals surface area contributed by atoms with E-state index in [-0.39, 0.29) is 11.8 Å². The van der Waals surface area contributed by atoms with Crippen LogP contribution < -0.4 is 9.64 Å². The van der Waals surface area contributed by atoms with Crippen LogP contribution in [0.15, 0.2) is 89.5 Å². The molecule has 2 aliphatic rings. The van der Waals surface area contributed by atoms with E-state index in [0.29, 0.717) is 31.1 Å². The predicted molar refractivity (Wildman–Crippen MR) is 140 cm³/mol. The molecule has 0 radical (unpaired) electrons. The molecule has 0 saturated carbocycles. The minimum atomic E-state index is -0.232. The van der Waals surface area contributed by atoms with Gasteiger partial charge in [-0.3, -0.25) is 9.69 Å². The zero-order chi connectivity index (χ0) is 24.2. The van der Waals surface area contributed by atoms with Crippen LogP contribution in [0.3, 0.4) is 0 Å². The van der Waals surface area contributed by atoms with Gasteiger partial charge in [0.1, 0.15) is 12.4 Å². The third-order valence-electron chi connectivity index (χ3n) is 6.53. The van der Waals surface area contributed by atoms with Crippen molar-refractivity contribution < 1.29 is 9.53 Å². The van der Waals surface area contributed by atoms with E-state index in [1.165, 1.54) is 5.56 Å². The second kappa shape index (κ2) is 10.3. The maximum atomic E-state index is 13.2. The second-order valence-corrected chi connectivity index (χ2v) is 9.66. The molecule has 2 heterocycles. The molecule has 5 nitrogen and oxygen atoms in total. The van der Waals surface area contributed by atoms with Crippen molar-refractivity contribution in [2.75, 3.05) is 17.4 Å². The summed E-state index contributed by atoms with van der Waals surface area (Å²) in [6.07, 6.45) is 1.29. The molecule has 1 amide bonds. The molecule has 0 spiro atoms. The highest BCUT2D eigenvalue weighted by Crippen LogP contribution is 2.43. The van der Waals surface area contributed by atoms with E-state index in [4.69, 9.17) is 4.74 Å². The van der Waals surface area contributed by atoms with Gasteiger partial charge in [-0.25, -0.2) is 0 Å². The van der Waals surface area contributed by atoms with Gasteiger partial charge < -0.3 is 9.64 Å². The number of rotatable bonds is 6. The summed E-state index contributed by atoms with van der Waals surface area (Å²) in [6.45, 7) is 3.11. The van der Waals surface area contributed by atoms with Crippen LogP contribution in [0.25, 0.3) is 0 Å². The summed E-state index contributed by atoms with van der Waals surface area (Å²) in [7, 11) is 0. The van der Waals surface area contributed by atoms with E-state index in [1.807, 2.05) is 54.6 Å². The van der Waals surface area contributed by atoms with E-state index < -0.39 is 0 Å². The Morgan fingerprint density at radius 2 is 1.74 bits per heavy atom. The highest BCUT2D eigenvalue weighted by Gasteiger charge is 2.38. The Bertz CT molecular complexity index is 1260. The van der Waals surface area contributed by atoms with Gasteiger partial charge in [0.25, 0.3) is 0 Å². The van der Waals surface area contributed by atoms with Crippen molar-refractivity contribution in [1.82, 2.24) is 4.90 Å². The smallest absolute Gasteiger partial charge is 0.229 e. The number of allylic oxidation sites excluding steroid dienone is 1. The number of nitrogens with zero attached hydrogens (tertiary/aromatic N) is 3. The Kier molecular flexibility index (Phi) is 6.78. The fourth-order valence-electron chi connectivity index (χ4n) is 4.49. The third kappa shape index (κ3) is 4.91. The number of benzene rings is 3. The minimum absolute atomic E-state index is 0.0517. The third-order valence-corrected chi connectivity index (χ3v) is 7.69. The largest absolute Gasteiger partial charge is 0.489 e. The van der Waals surface area contributed by atoms with Crippen LogP contribution in [0.2, 0.25) is 0 Å². The molecular formula is C29H27N3O2S. The van der Waals surface area contributed by atoms with Crippen LogP contribution in [-0.2, 0) is 17.8 Å². The number of fused-ring (bicyclic) bond motifs is 1. The summed E-state index contributed by atoms with van der Waals surface area (Å²) in [5.41, 5.74) is 5.13. The molecule has 0 aromatic heterocycles. The zero-order valence-electron chi connectivity index (χ0n) is 19.7. The fraction of sp³-hybridized carbons (Fsp3) is 0.241. The van der Waals surface area contributed by atoms with Gasteiger partial charge in [0, 0.05) is 18.0 Å². The number of carbonyl (C=O) groups is 1. The molecule has 6 heteroatoms. The summed E-state index contributed by atoms with van der Waals surface area (Å²) in [5.74, 6) is 1.29. The molecule has 0 unspecified atom stereocenters. The molecule has 0 bridgehead atoms. The molecular weight excluding hydrogens is 454 g/mol. The van der Waals surface area contributed by atoms with Gasteiger partial charge in [0.05, 0.1) is 29.2 Å². The molecule has 0 aliphatic carbocycles. The molecule has 35 heavy (non-hydrogen) atoms. The van der Waals surface area contributed by atoms with E-state index >= 15 is 0 Å². The number of amides is 1. The maximum Gasteiger partial charge on any atom is 0.229 e. The quantitative estimate of drug-likeness (QED) is 0.429. The lowest BCUT2D eigenvalue weighted by Crippen LogP contribution is -2.47. The SMILES string of the molecule is CCc1ccc(N2CSC3=C(C#N)[C@@H](c4ccc(OCc5ccccc5)cc4)CC(=O)N3C2)cc1. The maximum absolute atomic E-state index is 13.2. The number of hydrogen-bond donors (Lipinski definition) is 0. The van der Waals surface area contributed by atoms with Crippen LogP contribution >= 0.6 is 11.8 Å². The number of ether oxygens (including phenoxy) is 1. The number of anilines is 1. The molecule has 3 aromatic rings. The summed E-state index contributed by atoms with van der Waals surface area (Å²) in [5, 5.41) is 10.8. The second-order valence-electron chi connectivity index (χ2n) is 8.73. The Morgan fingerprint density at radius 1 is 1.00 bits per heavy atom. The van der Waals surface area contributed by atoms with E-state index in [2.05, 4.69) is 42.2 Å². The zero-order valence-corrected chi connectivity index (χ0v) is 20.5. The number of hydrogen-bond acceptors (Lipinski definition) is 5. The average molecular weight is 482 g/mol. The summed E-state index contributed by atoms with van der Waals surface area (Å²) in [4.78, 5) is 17.1. The van der Waals surface area contributed by atoms with Gasteiger partial charge >= 0.3 is 0 Å². The monoisotopic (exact) mass is 481 g/mol. The first-order valence-corrected chi connectivity index (χ1v) is 12.8. The van der Waals surface area contributed by atoms with Crippen LogP contribution in [0.1, 0.15) is 36.0 Å². The topological polar surface area (TPSA) is 56.6 Å². The Labute approximate surface area is 210 Å². The van der Waals surface area contributed by atoms with E-state index in [9.17, 15) is 10.1 Å². The van der Waals surface area contributed by atoms with Crippen LogP contribution in [-0.4, -0.2) is 23.4 Å². The van der Waals surface area contributed by atoms with E-state index in [1.54, 1.807) is 16.7 Å². The molecule has 2 aliphatic heterocycles. The van der Waals surface area contributed by atoms with Crippen molar-refractivity contribution >= 4 is 23.4 Å². The Morgan fingerprint density at radius 3 is 2.43 bits per heavy atom. The molecule has 1 fully saturated rings. The average Bonchev–Trinajstić information content (AvgIpc) is 2.92. The van der Waals surface area contributed by atoms with Crippen molar-refractivity contribution in [3.05, 3.63) is 106 Å². The van der Waals surface area contributed by atoms with Gasteiger partial charge in [-0.15, -0.1) is 0 Å². The molecule has 0 N–H and O–H groups in total. The van der Waals surface area contributed by atoms with Crippen LogP contribution in [0.5, 0.6) is 5.75 Å². The van der Waals surface area contributed by atoms with Crippen molar-refractivity contribution in [3.63, 3.8) is 0 Å². The number of carbonyl (C=O) groups excluding carboxylic acids is 1. The number of aryl methyl sites for hydroxylation is 1. The fourth-order valence-corrected chi connectivity index (χ4v) is 5.66. The summed E-state index contributed by atoms with van der Waals surface area (Å²) < 4.78 is 5.90. The van der Waals surface area contributed by atoms with Crippen molar-refractivity contribution in [2.45, 2.75) is 32.3 Å². The molecule has 176 valence electrons. The van der Waals surface area contributed by atoms with Crippen molar-refractivity contribution in [2.24, 2.45) is 0 Å². The molecule has 1 saturated heterocycles. The van der Waals surface area contributed by atoms with Crippen molar-refractivity contribution in [1.29, 1.82) is 5.26 Å². The first-order chi connectivity index (χ1) is 17.2. The van der Waals surface area contributed by atoms with Gasteiger partial charge in [0.2, 0.25) is 5.91 Å². The van der Waals surface area contributed by atoms with Crippen LogP contribution in [0.4, 0.5) is 5.69 Å². The normalized spacial score (nSPS) is 17.7. The van der Waals surface area contributed by atoms with Gasteiger partial charge in [-0.1, -0.05) is 73.3 Å². The molecule has 5 rings (SSSR count). The first-order valence-electron chi connectivity index (χ1n) is 11.8. The lowest BCUT2D eigenvalue weighted by molar-refractivity contribution is -0.129. The highest BCUT2D eigenvalue weighted by atomic mass is 32.2. The molecule has 1 atom stereocenters. The standard InChI is InChI=1S/C29H27N3O2S/c1-2-21-8-12-24(13-9-21)31-19-32-28(33)16-26(27(17-30)29(32)35-20-31)23-10-14-25(15-11-23)34-18-22-6-4-3-5-7-22/h3-15,26H,2,16,18-20H2,1H3/t26-/m1/s1. The summed E-state index contributed by atoms with van der Waals surface area (Å²) in [6, 6.07) is 28.7. The molecule has 3 aromatic carbocycles. The van der Waals surface area contributed by atoms with Gasteiger partial charge in [0.15, 0.2) is 0 Å². The lowest BCUT2D eigenvalue weighted by Gasteiger charge is -2.42. The van der Waals surface area contributed by atoms with E-state index in [0.717, 1.165) is 34.0 Å². The highest BCUT2D eigenvalue weighted by molar-refractivity contribution is 8.03. The lowest BCUT2D eigenvalue weighted by atomic mass is 9.86. The number of nitriles is 1. The first kappa shape index (κ1) is 23.1. The predicted octanol–water partition coefficient (Wildman–Crippen LogP) is 6.05. The Hall–Kier alpha value is -3.69. The van der Waals surface area contributed by atoms with Gasteiger partial charge in [-0.05, 0) is 47.4 Å². The summed E-state index contributed by atoms with van der Waals surface area (Å²) >= 11 is 1.57.